The highest BCUT2D eigenvalue weighted by atomic mass is 16.6. The Kier molecular flexibility index (Phi) is 4.00. The molecule has 0 aromatic heterocycles. The second-order valence-corrected chi connectivity index (χ2v) is 8.56. The van der Waals surface area contributed by atoms with E-state index < -0.39 is 40.7 Å². The van der Waals surface area contributed by atoms with Crippen molar-refractivity contribution in [3.8, 4) is 0 Å². The van der Waals surface area contributed by atoms with E-state index in [0.717, 1.165) is 12.8 Å². The molecule has 136 valence electrons. The largest absolute Gasteiger partial charge is 0.459 e. The molecular weight excluding hydrogens is 312 g/mol. The molecule has 1 N–H and O–H groups in total. The minimum absolute atomic E-state index is 0.144. The van der Waals surface area contributed by atoms with Gasteiger partial charge in [-0.3, -0.25) is 9.59 Å². The van der Waals surface area contributed by atoms with Gasteiger partial charge in [-0.2, -0.15) is 0 Å². The topological polar surface area (TPSA) is 85.4 Å². The molecule has 1 aliphatic heterocycles. The Morgan fingerprint density at radius 2 is 1.71 bits per heavy atom. The van der Waals surface area contributed by atoms with Crippen LogP contribution in [0.15, 0.2) is 0 Å². The van der Waals surface area contributed by atoms with Gasteiger partial charge in [0, 0.05) is 24.7 Å². The maximum atomic E-state index is 11.6. The van der Waals surface area contributed by atoms with Crippen LogP contribution in [0.4, 0.5) is 0 Å². The van der Waals surface area contributed by atoms with Gasteiger partial charge in [0.15, 0.2) is 0 Å². The molecule has 0 aromatic rings. The molecule has 6 nitrogen and oxygen atoms in total. The zero-order valence-corrected chi connectivity index (χ0v) is 15.1. The Balaban J connectivity index is 1.98. The van der Waals surface area contributed by atoms with Gasteiger partial charge in [-0.05, 0) is 25.2 Å². The number of rotatable bonds is 2. The molecule has 0 radical (unpaired) electrons. The molecule has 0 unspecified atom stereocenters. The first-order valence-corrected chi connectivity index (χ1v) is 8.69. The lowest BCUT2D eigenvalue weighted by Crippen LogP contribution is -2.65. The third-order valence-electron chi connectivity index (χ3n) is 6.51. The predicted octanol–water partition coefficient (Wildman–Crippen LogP) is 1.83. The van der Waals surface area contributed by atoms with Gasteiger partial charge in [-0.15, -0.1) is 0 Å². The summed E-state index contributed by atoms with van der Waals surface area (Å²) in [5.41, 5.74) is -1.30. The lowest BCUT2D eigenvalue weighted by Gasteiger charge is -2.60. The Morgan fingerprint density at radius 3 is 2.21 bits per heavy atom. The average molecular weight is 340 g/mol. The van der Waals surface area contributed by atoms with Gasteiger partial charge in [0.2, 0.25) is 0 Å². The first kappa shape index (κ1) is 17.7. The molecule has 24 heavy (non-hydrogen) atoms. The normalized spacial score (nSPS) is 46.1. The molecule has 6 atom stereocenters. The maximum absolute atomic E-state index is 11.6. The van der Waals surface area contributed by atoms with Crippen LogP contribution < -0.4 is 0 Å². The van der Waals surface area contributed by atoms with Crippen LogP contribution in [0.3, 0.4) is 0 Å². The van der Waals surface area contributed by atoms with Gasteiger partial charge in [-0.1, -0.05) is 20.8 Å². The molecule has 0 aromatic carbocycles. The van der Waals surface area contributed by atoms with Crippen molar-refractivity contribution in [1.29, 1.82) is 0 Å². The summed E-state index contributed by atoms with van der Waals surface area (Å²) in [6.07, 6.45) is 0.475. The Morgan fingerprint density at radius 1 is 1.12 bits per heavy atom. The Hall–Kier alpha value is -1.14. The van der Waals surface area contributed by atoms with Gasteiger partial charge in [0.05, 0.1) is 12.7 Å². The van der Waals surface area contributed by atoms with Gasteiger partial charge >= 0.3 is 11.9 Å². The quantitative estimate of drug-likeness (QED) is 0.610. The number of esters is 2. The highest BCUT2D eigenvalue weighted by molar-refractivity contribution is 5.67. The third kappa shape index (κ3) is 2.54. The fourth-order valence-corrected chi connectivity index (χ4v) is 5.46. The summed E-state index contributed by atoms with van der Waals surface area (Å²) in [4.78, 5) is 23.2. The molecule has 3 rings (SSSR count). The van der Waals surface area contributed by atoms with Crippen LogP contribution in [0, 0.1) is 16.7 Å². The predicted molar refractivity (Wildman–Crippen MR) is 85.0 cm³/mol. The number of aliphatic hydroxyl groups excluding tert-OH is 1. The van der Waals surface area contributed by atoms with Crippen LogP contribution in [0.25, 0.3) is 0 Å². The van der Waals surface area contributed by atoms with Crippen molar-refractivity contribution >= 4 is 11.9 Å². The Bertz CT molecular complexity index is 552. The lowest BCUT2D eigenvalue weighted by molar-refractivity contribution is -0.234. The van der Waals surface area contributed by atoms with Crippen LogP contribution in [0.2, 0.25) is 0 Å². The van der Waals surface area contributed by atoms with E-state index in [0.29, 0.717) is 13.0 Å². The van der Waals surface area contributed by atoms with Crippen molar-refractivity contribution in [2.45, 2.75) is 77.8 Å². The van der Waals surface area contributed by atoms with Crippen LogP contribution in [0.1, 0.15) is 53.9 Å². The highest BCUT2D eigenvalue weighted by Gasteiger charge is 2.69. The minimum Gasteiger partial charge on any atom is -0.459 e. The van der Waals surface area contributed by atoms with Crippen molar-refractivity contribution in [2.75, 3.05) is 6.61 Å². The number of epoxide rings is 1. The van der Waals surface area contributed by atoms with Gasteiger partial charge < -0.3 is 19.3 Å². The van der Waals surface area contributed by atoms with Crippen LogP contribution in [-0.4, -0.2) is 47.6 Å². The highest BCUT2D eigenvalue weighted by Crippen LogP contribution is 2.63. The van der Waals surface area contributed by atoms with Crippen molar-refractivity contribution in [3.05, 3.63) is 0 Å². The molecule has 1 spiro atoms. The molecule has 0 bridgehead atoms. The number of carbonyl (C=O) groups is 2. The van der Waals surface area contributed by atoms with Crippen molar-refractivity contribution in [2.24, 2.45) is 16.7 Å². The number of hydrogen-bond acceptors (Lipinski definition) is 6. The number of aliphatic hydroxyl groups is 1. The number of hydrogen-bond donors (Lipinski definition) is 1. The molecule has 0 amide bonds. The monoisotopic (exact) mass is 340 g/mol. The zero-order valence-electron chi connectivity index (χ0n) is 15.1. The zero-order chi connectivity index (χ0) is 17.9. The molecule has 6 heteroatoms. The molecule has 1 heterocycles. The number of fused-ring (bicyclic) bond motifs is 1. The lowest BCUT2D eigenvalue weighted by atomic mass is 9.47. The van der Waals surface area contributed by atoms with E-state index in [1.807, 2.05) is 20.8 Å². The van der Waals surface area contributed by atoms with Gasteiger partial charge in [0.1, 0.15) is 17.8 Å². The maximum Gasteiger partial charge on any atom is 0.303 e. The van der Waals surface area contributed by atoms with Crippen LogP contribution in [-0.2, 0) is 23.8 Å². The van der Waals surface area contributed by atoms with E-state index >= 15 is 0 Å². The number of ether oxygens (including phenoxy) is 3. The van der Waals surface area contributed by atoms with Gasteiger partial charge in [-0.25, -0.2) is 0 Å². The first-order valence-electron chi connectivity index (χ1n) is 8.69. The summed E-state index contributed by atoms with van der Waals surface area (Å²) in [7, 11) is 0. The fourth-order valence-electron chi connectivity index (χ4n) is 5.46. The second-order valence-electron chi connectivity index (χ2n) is 8.56. The molecule has 2 aliphatic carbocycles. The third-order valence-corrected chi connectivity index (χ3v) is 6.51. The summed E-state index contributed by atoms with van der Waals surface area (Å²) < 4.78 is 16.7. The minimum atomic E-state index is -0.612. The van der Waals surface area contributed by atoms with Gasteiger partial charge in [0.25, 0.3) is 0 Å². The SMILES string of the molecule is CC(=O)O[C@@H]1C[C@@]2(C)[C@@H](CC[C@@]3(CO3)[C@@H]2O)C(C)(C)[C@H]1OC(C)=O. The summed E-state index contributed by atoms with van der Waals surface area (Å²) in [6.45, 7) is 9.44. The molecule has 3 fully saturated rings. The van der Waals surface area contributed by atoms with Crippen molar-refractivity contribution in [1.82, 2.24) is 0 Å². The van der Waals surface area contributed by atoms with E-state index in [2.05, 4.69) is 0 Å². The van der Waals surface area contributed by atoms with E-state index in [1.165, 1.54) is 13.8 Å². The molecule has 2 saturated carbocycles. The van der Waals surface area contributed by atoms with E-state index in [4.69, 9.17) is 14.2 Å². The Labute approximate surface area is 142 Å². The number of carbonyl (C=O) groups excluding carboxylic acids is 2. The van der Waals surface area contributed by atoms with E-state index in [9.17, 15) is 14.7 Å². The van der Waals surface area contributed by atoms with E-state index in [-0.39, 0.29) is 11.9 Å². The summed E-state index contributed by atoms with van der Waals surface area (Å²) in [6, 6.07) is 0. The second kappa shape index (κ2) is 5.43. The standard InChI is InChI=1S/C18H28O6/c1-10(19)23-12-8-17(5)13(6-7-18(9-22-18)15(17)21)16(3,4)14(12)24-11(2)20/h12-15,21H,6-9H2,1-5H3/t12-,13+,14+,15-,17+,18-/m1/s1. The first-order chi connectivity index (χ1) is 11.0. The van der Waals surface area contributed by atoms with E-state index in [1.54, 1.807) is 0 Å². The summed E-state index contributed by atoms with van der Waals surface area (Å²) in [5.74, 6) is -0.643. The smallest absolute Gasteiger partial charge is 0.303 e. The summed E-state index contributed by atoms with van der Waals surface area (Å²) in [5, 5.41) is 11.0. The average Bonchev–Trinajstić information content (AvgIpc) is 3.20. The van der Waals surface area contributed by atoms with Crippen molar-refractivity contribution in [3.63, 3.8) is 0 Å². The van der Waals surface area contributed by atoms with Crippen molar-refractivity contribution < 1.29 is 28.9 Å². The molecule has 3 aliphatic rings. The molecule has 1 saturated heterocycles. The summed E-state index contributed by atoms with van der Waals surface area (Å²) >= 11 is 0. The van der Waals surface area contributed by atoms with Crippen LogP contribution >= 0.6 is 0 Å². The fraction of sp³-hybridized carbons (Fsp3) is 0.889. The molecular formula is C18H28O6. The van der Waals surface area contributed by atoms with Crippen LogP contribution in [0.5, 0.6) is 0 Å².